The van der Waals surface area contributed by atoms with Crippen LogP contribution in [0.25, 0.3) is 80.1 Å². The third-order valence-corrected chi connectivity index (χ3v) is 31.2. The number of fused-ring (bicyclic) bond motifs is 2. The molecule has 4 atom stereocenters. The summed E-state index contributed by atoms with van der Waals surface area (Å²) in [5, 5.41) is 4.35. The van der Waals surface area contributed by atoms with Gasteiger partial charge in [-0.05, 0) is 123 Å². The van der Waals surface area contributed by atoms with Gasteiger partial charge in [0.15, 0.2) is 0 Å². The van der Waals surface area contributed by atoms with Crippen molar-refractivity contribution in [1.82, 2.24) is 0 Å². The molecule has 9 aromatic rings. The van der Waals surface area contributed by atoms with E-state index in [1.807, 2.05) is 56.7 Å². The third kappa shape index (κ3) is 21.0. The molecule has 0 nitrogen and oxygen atoms in total. The van der Waals surface area contributed by atoms with E-state index < -0.39 is 0 Å². The minimum Gasteiger partial charge on any atom is -0.205 e. The first-order valence-corrected chi connectivity index (χ1v) is 45.4. The van der Waals surface area contributed by atoms with E-state index in [4.69, 9.17) is 23.2 Å². The Bertz CT molecular complexity index is 3650. The van der Waals surface area contributed by atoms with Crippen LogP contribution in [0.5, 0.6) is 0 Å². The molecular formula is C84H114Cl2F2S8. The Balaban J connectivity index is 1.16. The Morgan fingerprint density at radius 1 is 0.312 bits per heavy atom. The molecule has 4 unspecified atom stereocenters. The molecule has 8 heterocycles. The van der Waals surface area contributed by atoms with Gasteiger partial charge in [-0.25, -0.2) is 8.78 Å². The average Bonchev–Trinajstić information content (AvgIpc) is 1.54. The number of aryl methyl sites for hydroxylation is 2. The molecule has 12 heteroatoms. The highest BCUT2D eigenvalue weighted by atomic mass is 35.5. The lowest BCUT2D eigenvalue weighted by Gasteiger charge is -2.17. The van der Waals surface area contributed by atoms with Crippen molar-refractivity contribution >= 4 is 134 Å². The highest BCUT2D eigenvalue weighted by molar-refractivity contribution is 7.31. The maximum atomic E-state index is 17.4. The lowest BCUT2D eigenvalue weighted by molar-refractivity contribution is 0.403. The Kier molecular flexibility index (Phi) is 32.5. The van der Waals surface area contributed by atoms with Crippen LogP contribution in [0.3, 0.4) is 0 Å². The average molecular weight is 1490 g/mol. The van der Waals surface area contributed by atoms with E-state index in [0.717, 1.165) is 63.2 Å². The summed E-state index contributed by atoms with van der Waals surface area (Å²) in [5.74, 6) is 1.72. The molecule has 0 amide bonds. The van der Waals surface area contributed by atoms with Crippen molar-refractivity contribution in [2.75, 3.05) is 0 Å². The molecule has 0 saturated heterocycles. The fraction of sp³-hybridized carbons (Fsp3) is 0.595. The number of thiophene rings is 8. The monoisotopic (exact) mass is 1490 g/mol. The summed E-state index contributed by atoms with van der Waals surface area (Å²) in [7, 11) is 0. The van der Waals surface area contributed by atoms with Crippen molar-refractivity contribution in [2.45, 2.75) is 300 Å². The molecule has 0 radical (unpaired) electrons. The maximum Gasteiger partial charge on any atom is 0.143 e. The molecule has 0 spiro atoms. The summed E-state index contributed by atoms with van der Waals surface area (Å²) in [5.41, 5.74) is 5.25. The predicted molar refractivity (Wildman–Crippen MR) is 438 cm³/mol. The molecule has 0 fully saturated rings. The van der Waals surface area contributed by atoms with Gasteiger partial charge in [0.2, 0.25) is 0 Å². The Hall–Kier alpha value is -2.22. The van der Waals surface area contributed by atoms with E-state index >= 15 is 8.78 Å². The Morgan fingerprint density at radius 2 is 0.677 bits per heavy atom. The van der Waals surface area contributed by atoms with Gasteiger partial charge in [0.1, 0.15) is 11.6 Å². The smallest absolute Gasteiger partial charge is 0.143 e. The van der Waals surface area contributed by atoms with Crippen LogP contribution < -0.4 is 0 Å². The summed E-state index contributed by atoms with van der Waals surface area (Å²) in [6.07, 6.45) is 44.2. The third-order valence-electron chi connectivity index (χ3n) is 20.5. The molecule has 96 heavy (non-hydrogen) atoms. The molecule has 0 saturated carbocycles. The van der Waals surface area contributed by atoms with Crippen LogP contribution in [0.4, 0.5) is 8.78 Å². The van der Waals surface area contributed by atoms with Crippen LogP contribution in [-0.4, -0.2) is 0 Å². The molecule has 9 rings (SSSR count). The first-order valence-electron chi connectivity index (χ1n) is 38.1. The molecule has 0 aliphatic heterocycles. The van der Waals surface area contributed by atoms with Crippen LogP contribution in [0.15, 0.2) is 48.5 Å². The molecule has 0 N–H and O–H groups in total. The topological polar surface area (TPSA) is 0 Å². The van der Waals surface area contributed by atoms with E-state index in [0.29, 0.717) is 33.4 Å². The van der Waals surface area contributed by atoms with E-state index in [1.54, 1.807) is 23.5 Å². The quantitative estimate of drug-likeness (QED) is 0.0334. The Labute approximate surface area is 621 Å². The van der Waals surface area contributed by atoms with Crippen LogP contribution in [-0.2, 0) is 25.7 Å². The van der Waals surface area contributed by atoms with Crippen molar-refractivity contribution in [1.29, 1.82) is 0 Å². The van der Waals surface area contributed by atoms with Crippen LogP contribution >= 0.6 is 114 Å². The molecule has 0 aliphatic rings. The number of hydrogen-bond donors (Lipinski definition) is 0. The molecular weight excluding hydrogens is 1370 g/mol. The predicted octanol–water partition coefficient (Wildman–Crippen LogP) is 34.0. The van der Waals surface area contributed by atoms with Gasteiger partial charge in [-0.15, -0.1) is 90.7 Å². The van der Waals surface area contributed by atoms with Gasteiger partial charge in [0.05, 0.1) is 19.8 Å². The van der Waals surface area contributed by atoms with Gasteiger partial charge in [0, 0.05) is 89.8 Å². The number of benzene rings is 1. The zero-order valence-corrected chi connectivity index (χ0v) is 68.2. The number of halogens is 4. The molecule has 8 aromatic heterocycles. The summed E-state index contributed by atoms with van der Waals surface area (Å²) < 4.78 is 37.0. The van der Waals surface area contributed by atoms with Crippen molar-refractivity contribution in [2.24, 2.45) is 23.7 Å². The standard InChI is InChI=1S/C84H114Cl2F2S8/c1-11-19-25-29-31-35-41-59(39-33-27-21-13-3)45-61-43-55(9)89-79(61)75-53-67(87)83(95-75)84-68(88)54-76(96-84)80-62(46-60(40-34-28-22-14-4)42-36-32-30-26-20-12-2)49-71(93-80)72-50-64-78(74-52-66(86)70(92-74)48-58(18-8)38-24-16-6)81-63(44-56(10)90-81)77(82(64)94-72)73-51-65(85)69(91-73)47-57(17-7)37-23-15-5/h43-44,49-54,57-60H,11-42,45-48H2,1-10H3. The summed E-state index contributed by atoms with van der Waals surface area (Å²) >= 11 is 29.0. The first-order chi connectivity index (χ1) is 46.7. The minimum atomic E-state index is -0.319. The SMILES string of the molecule is CCCCCCCCC(CCCCCC)Cc1cc(C)sc1-c1cc(F)c(-c2sc(-c3sc(-c4cc5c(-c6cc(Cl)c(CC(CC)CCCC)s6)c6sc(C)cc6c(-c6cc(Cl)c(CC(CC)CCCC)s6)c5s4)cc3CC(CCCCCC)CCCCCCCC)cc2F)s1. The fourth-order valence-corrected chi connectivity index (χ4v) is 25.3. The largest absolute Gasteiger partial charge is 0.205 e. The van der Waals surface area contributed by atoms with Crippen LogP contribution in [0, 0.1) is 49.2 Å². The molecule has 526 valence electrons. The lowest BCUT2D eigenvalue weighted by Crippen LogP contribution is -2.05. The number of unbranched alkanes of at least 4 members (excludes halogenated alkanes) is 18. The molecule has 1 aromatic carbocycles. The van der Waals surface area contributed by atoms with Crippen molar-refractivity contribution in [3.8, 4) is 59.9 Å². The van der Waals surface area contributed by atoms with Gasteiger partial charge in [-0.3, -0.25) is 0 Å². The summed E-state index contributed by atoms with van der Waals surface area (Å²) in [6.45, 7) is 23.0. The normalized spacial score (nSPS) is 13.4. The highest BCUT2D eigenvalue weighted by Gasteiger charge is 2.30. The van der Waals surface area contributed by atoms with Gasteiger partial charge in [0.25, 0.3) is 0 Å². The fourth-order valence-electron chi connectivity index (χ4n) is 14.8. The Morgan fingerprint density at radius 3 is 1.14 bits per heavy atom. The molecule has 0 bridgehead atoms. The van der Waals surface area contributed by atoms with Crippen LogP contribution in [0.2, 0.25) is 10.0 Å². The second-order valence-corrected chi connectivity index (χ2v) is 38.2. The zero-order valence-electron chi connectivity index (χ0n) is 60.2. The van der Waals surface area contributed by atoms with Crippen molar-refractivity contribution in [3.05, 3.63) is 101 Å². The summed E-state index contributed by atoms with van der Waals surface area (Å²) in [6, 6.07) is 17.9. The van der Waals surface area contributed by atoms with Gasteiger partial charge < -0.3 is 0 Å². The van der Waals surface area contributed by atoms with Crippen molar-refractivity contribution in [3.63, 3.8) is 0 Å². The second kappa shape index (κ2) is 40.0. The van der Waals surface area contributed by atoms with Crippen LogP contribution in [0.1, 0.15) is 291 Å². The zero-order chi connectivity index (χ0) is 68.1. The molecule has 0 aliphatic carbocycles. The maximum absolute atomic E-state index is 17.4. The van der Waals surface area contributed by atoms with E-state index in [-0.39, 0.29) is 11.6 Å². The lowest BCUT2D eigenvalue weighted by atomic mass is 9.88. The van der Waals surface area contributed by atoms with E-state index in [2.05, 4.69) is 106 Å². The van der Waals surface area contributed by atoms with Gasteiger partial charge in [-0.1, -0.05) is 284 Å². The summed E-state index contributed by atoms with van der Waals surface area (Å²) in [4.78, 5) is 15.1. The first kappa shape index (κ1) is 77.9. The van der Waals surface area contributed by atoms with Gasteiger partial charge >= 0.3 is 0 Å². The second-order valence-electron chi connectivity index (χ2n) is 28.4. The number of rotatable bonds is 46. The highest BCUT2D eigenvalue weighted by Crippen LogP contribution is 2.57. The van der Waals surface area contributed by atoms with Gasteiger partial charge in [-0.2, -0.15) is 0 Å². The number of hydrogen-bond acceptors (Lipinski definition) is 8. The van der Waals surface area contributed by atoms with E-state index in [1.165, 1.54) is 302 Å². The minimum absolute atomic E-state index is 0.311. The van der Waals surface area contributed by atoms with Crippen molar-refractivity contribution < 1.29 is 8.78 Å². The van der Waals surface area contributed by atoms with E-state index in [9.17, 15) is 0 Å².